The summed E-state index contributed by atoms with van der Waals surface area (Å²) in [5.41, 5.74) is 5.77. The maximum Gasteiger partial charge on any atom is 0.167 e. The van der Waals surface area contributed by atoms with Crippen LogP contribution in [0.2, 0.25) is 0 Å². The molecule has 0 aromatic heterocycles. The van der Waals surface area contributed by atoms with Gasteiger partial charge in [-0.15, -0.1) is 0 Å². The quantitative estimate of drug-likeness (QED) is 0.856. The van der Waals surface area contributed by atoms with E-state index in [9.17, 15) is 8.78 Å². The lowest BCUT2D eigenvalue weighted by Gasteiger charge is -2.11. The van der Waals surface area contributed by atoms with Crippen molar-refractivity contribution in [1.82, 2.24) is 0 Å². The Morgan fingerprint density at radius 2 is 1.89 bits per heavy atom. The molecule has 5 heteroatoms. The molecule has 0 aliphatic heterocycles. The molecule has 0 unspecified atom stereocenters. The number of hydrogen-bond acceptors (Lipinski definition) is 3. The molecule has 2 N–H and O–H groups in total. The molecule has 0 aliphatic rings. The Kier molecular flexibility index (Phi) is 3.85. The van der Waals surface area contributed by atoms with Crippen LogP contribution in [0.4, 0.5) is 14.5 Å². The standard InChI is InChI=1S/C14H13F2NO2/c1-2-18-13-8-14(12(17)7-11(13)16)19-10-5-3-4-9(15)6-10/h3-8H,2,17H2,1H3. The predicted octanol–water partition coefficient (Wildman–Crippen LogP) is 3.74. The van der Waals surface area contributed by atoms with Gasteiger partial charge in [0, 0.05) is 18.2 Å². The van der Waals surface area contributed by atoms with Gasteiger partial charge in [0.2, 0.25) is 0 Å². The van der Waals surface area contributed by atoms with E-state index in [2.05, 4.69) is 0 Å². The summed E-state index contributed by atoms with van der Waals surface area (Å²) < 4.78 is 37.1. The second-order valence-corrected chi connectivity index (χ2v) is 3.81. The SMILES string of the molecule is CCOc1cc(Oc2cccc(F)c2)c(N)cc1F. The number of ether oxygens (including phenoxy) is 2. The minimum absolute atomic E-state index is 0.0445. The van der Waals surface area contributed by atoms with Crippen LogP contribution < -0.4 is 15.2 Å². The van der Waals surface area contributed by atoms with Gasteiger partial charge in [-0.1, -0.05) is 6.07 Å². The van der Waals surface area contributed by atoms with E-state index in [1.807, 2.05) is 0 Å². The van der Waals surface area contributed by atoms with Crippen LogP contribution in [0.3, 0.4) is 0 Å². The first-order valence-electron chi connectivity index (χ1n) is 5.75. The summed E-state index contributed by atoms with van der Waals surface area (Å²) in [6, 6.07) is 8.05. The molecule has 19 heavy (non-hydrogen) atoms. The third-order valence-corrected chi connectivity index (χ3v) is 2.39. The van der Waals surface area contributed by atoms with Gasteiger partial charge in [-0.05, 0) is 19.1 Å². The Morgan fingerprint density at radius 3 is 2.58 bits per heavy atom. The summed E-state index contributed by atoms with van der Waals surface area (Å²) in [4.78, 5) is 0. The Labute approximate surface area is 109 Å². The average Bonchev–Trinajstić information content (AvgIpc) is 2.35. The van der Waals surface area contributed by atoms with E-state index in [4.69, 9.17) is 15.2 Å². The lowest BCUT2D eigenvalue weighted by atomic mass is 10.2. The molecule has 100 valence electrons. The van der Waals surface area contributed by atoms with Gasteiger partial charge in [-0.25, -0.2) is 8.78 Å². The third-order valence-electron chi connectivity index (χ3n) is 2.39. The molecule has 3 nitrogen and oxygen atoms in total. The zero-order chi connectivity index (χ0) is 13.8. The van der Waals surface area contributed by atoms with Crippen LogP contribution in [0.1, 0.15) is 6.92 Å². The second-order valence-electron chi connectivity index (χ2n) is 3.81. The number of anilines is 1. The Hall–Kier alpha value is -2.30. The number of nitrogen functional groups attached to an aromatic ring is 1. The lowest BCUT2D eigenvalue weighted by molar-refractivity contribution is 0.319. The van der Waals surface area contributed by atoms with Crippen LogP contribution in [0.5, 0.6) is 17.2 Å². The smallest absolute Gasteiger partial charge is 0.167 e. The van der Waals surface area contributed by atoms with Crippen molar-refractivity contribution in [2.45, 2.75) is 6.92 Å². The van der Waals surface area contributed by atoms with Crippen LogP contribution in [0.15, 0.2) is 36.4 Å². The highest BCUT2D eigenvalue weighted by atomic mass is 19.1. The fourth-order valence-electron chi connectivity index (χ4n) is 1.56. The molecule has 2 aromatic carbocycles. The summed E-state index contributed by atoms with van der Waals surface area (Å²) in [7, 11) is 0. The highest BCUT2D eigenvalue weighted by Gasteiger charge is 2.11. The van der Waals surface area contributed by atoms with Crippen molar-refractivity contribution in [3.8, 4) is 17.2 Å². The zero-order valence-electron chi connectivity index (χ0n) is 10.3. The first-order chi connectivity index (χ1) is 9.10. The molecule has 0 atom stereocenters. The van der Waals surface area contributed by atoms with Crippen molar-refractivity contribution in [2.75, 3.05) is 12.3 Å². The van der Waals surface area contributed by atoms with Gasteiger partial charge < -0.3 is 15.2 Å². The van der Waals surface area contributed by atoms with Crippen LogP contribution in [-0.4, -0.2) is 6.61 Å². The summed E-state index contributed by atoms with van der Waals surface area (Å²) >= 11 is 0. The summed E-state index contributed by atoms with van der Waals surface area (Å²) in [6.45, 7) is 2.06. The number of nitrogens with two attached hydrogens (primary N) is 1. The molecular weight excluding hydrogens is 252 g/mol. The molecule has 0 saturated heterocycles. The molecule has 0 fully saturated rings. The van der Waals surface area contributed by atoms with E-state index >= 15 is 0 Å². The largest absolute Gasteiger partial charge is 0.491 e. The Bertz CT molecular complexity index is 588. The molecular formula is C14H13F2NO2. The fraction of sp³-hybridized carbons (Fsp3) is 0.143. The molecule has 0 saturated carbocycles. The maximum absolute atomic E-state index is 13.5. The molecule has 0 spiro atoms. The zero-order valence-corrected chi connectivity index (χ0v) is 10.3. The number of benzene rings is 2. The molecule has 0 bridgehead atoms. The number of hydrogen-bond donors (Lipinski definition) is 1. The minimum Gasteiger partial charge on any atom is -0.491 e. The first kappa shape index (κ1) is 13.1. The van der Waals surface area contributed by atoms with Gasteiger partial charge in [0.05, 0.1) is 12.3 Å². The van der Waals surface area contributed by atoms with E-state index in [0.29, 0.717) is 6.61 Å². The van der Waals surface area contributed by atoms with Gasteiger partial charge in [-0.3, -0.25) is 0 Å². The third kappa shape index (κ3) is 3.13. The van der Waals surface area contributed by atoms with E-state index in [-0.39, 0.29) is 22.9 Å². The van der Waals surface area contributed by atoms with E-state index in [1.165, 1.54) is 24.3 Å². The van der Waals surface area contributed by atoms with Crippen LogP contribution in [0, 0.1) is 11.6 Å². The molecule has 2 aromatic rings. The topological polar surface area (TPSA) is 44.5 Å². The van der Waals surface area contributed by atoms with Crippen LogP contribution >= 0.6 is 0 Å². The van der Waals surface area contributed by atoms with Crippen molar-refractivity contribution in [3.05, 3.63) is 48.0 Å². The monoisotopic (exact) mass is 265 g/mol. The highest BCUT2D eigenvalue weighted by molar-refractivity contribution is 5.57. The van der Waals surface area contributed by atoms with Crippen molar-refractivity contribution < 1.29 is 18.3 Å². The average molecular weight is 265 g/mol. The molecule has 0 amide bonds. The van der Waals surface area contributed by atoms with Gasteiger partial charge in [-0.2, -0.15) is 0 Å². The fourth-order valence-corrected chi connectivity index (χ4v) is 1.56. The predicted molar refractivity (Wildman–Crippen MR) is 68.5 cm³/mol. The minimum atomic E-state index is -0.564. The Morgan fingerprint density at radius 1 is 1.11 bits per heavy atom. The second kappa shape index (κ2) is 5.56. The van der Waals surface area contributed by atoms with Crippen molar-refractivity contribution in [1.29, 1.82) is 0 Å². The number of halogens is 2. The summed E-state index contributed by atoms with van der Waals surface area (Å²) in [6.07, 6.45) is 0. The van der Waals surface area contributed by atoms with Gasteiger partial charge in [0.1, 0.15) is 11.6 Å². The normalized spacial score (nSPS) is 10.3. The summed E-state index contributed by atoms with van der Waals surface area (Å²) in [5, 5.41) is 0. The van der Waals surface area contributed by atoms with E-state index in [0.717, 1.165) is 6.07 Å². The van der Waals surface area contributed by atoms with Crippen molar-refractivity contribution in [3.63, 3.8) is 0 Å². The number of rotatable bonds is 4. The van der Waals surface area contributed by atoms with Gasteiger partial charge in [0.25, 0.3) is 0 Å². The molecule has 0 heterocycles. The molecule has 0 aliphatic carbocycles. The van der Waals surface area contributed by atoms with E-state index < -0.39 is 11.6 Å². The van der Waals surface area contributed by atoms with Crippen LogP contribution in [0.25, 0.3) is 0 Å². The van der Waals surface area contributed by atoms with Gasteiger partial charge in [0.15, 0.2) is 17.3 Å². The van der Waals surface area contributed by atoms with Crippen molar-refractivity contribution >= 4 is 5.69 Å². The molecule has 0 radical (unpaired) electrons. The van der Waals surface area contributed by atoms with E-state index in [1.54, 1.807) is 13.0 Å². The lowest BCUT2D eigenvalue weighted by Crippen LogP contribution is -1.99. The van der Waals surface area contributed by atoms with Crippen molar-refractivity contribution in [2.24, 2.45) is 0 Å². The van der Waals surface area contributed by atoms with Crippen LogP contribution in [-0.2, 0) is 0 Å². The van der Waals surface area contributed by atoms with Gasteiger partial charge >= 0.3 is 0 Å². The first-order valence-corrected chi connectivity index (χ1v) is 5.75. The Balaban J connectivity index is 2.31. The maximum atomic E-state index is 13.5. The summed E-state index contributed by atoms with van der Waals surface area (Å²) in [5.74, 6) is -0.450. The molecule has 2 rings (SSSR count). The highest BCUT2D eigenvalue weighted by Crippen LogP contribution is 2.33.